The van der Waals surface area contributed by atoms with E-state index >= 15 is 0 Å². The predicted molar refractivity (Wildman–Crippen MR) is 61.3 cm³/mol. The van der Waals surface area contributed by atoms with Crippen LogP contribution in [0.1, 0.15) is 13.8 Å². The minimum absolute atomic E-state index is 0.490. The average molecular weight is 221 g/mol. The lowest BCUT2D eigenvalue weighted by atomic mass is 10.1. The van der Waals surface area contributed by atoms with Crippen molar-refractivity contribution in [2.45, 2.75) is 19.4 Å². The molecule has 2 N–H and O–H groups in total. The summed E-state index contributed by atoms with van der Waals surface area (Å²) in [5.41, 5.74) is -0.0666. The molecule has 2 heterocycles. The van der Waals surface area contributed by atoms with Gasteiger partial charge in [-0.3, -0.25) is 5.10 Å². The van der Waals surface area contributed by atoms with Crippen molar-refractivity contribution in [3.8, 4) is 0 Å². The molecule has 2 rings (SSSR count). The summed E-state index contributed by atoms with van der Waals surface area (Å²) >= 11 is 0. The molecule has 0 radical (unpaired) electrons. The van der Waals surface area contributed by atoms with Crippen LogP contribution in [0.3, 0.4) is 0 Å². The summed E-state index contributed by atoms with van der Waals surface area (Å²) in [5.74, 6) is 0.765. The number of H-pyrrole nitrogens is 1. The topological polar surface area (TPSA) is 77.9 Å². The van der Waals surface area contributed by atoms with E-state index in [1.807, 2.05) is 11.9 Å². The molecule has 2 aromatic rings. The Morgan fingerprint density at radius 3 is 2.88 bits per heavy atom. The Morgan fingerprint density at radius 1 is 1.44 bits per heavy atom. The van der Waals surface area contributed by atoms with Gasteiger partial charge in [0.2, 0.25) is 0 Å². The molecule has 0 unspecified atom stereocenters. The Kier molecular flexibility index (Phi) is 2.51. The molecule has 0 saturated heterocycles. The van der Waals surface area contributed by atoms with Gasteiger partial charge in [0.15, 0.2) is 5.65 Å². The Balaban J connectivity index is 2.36. The normalized spacial score (nSPS) is 12.0. The molecule has 0 saturated carbocycles. The first-order valence-electron chi connectivity index (χ1n) is 5.05. The van der Waals surface area contributed by atoms with Gasteiger partial charge in [0.1, 0.15) is 12.1 Å². The van der Waals surface area contributed by atoms with Gasteiger partial charge in [-0.2, -0.15) is 5.10 Å². The fraction of sp³-hybridized carbons (Fsp3) is 0.500. The molecular formula is C10H15N5O. The average Bonchev–Trinajstić information content (AvgIpc) is 2.61. The predicted octanol–water partition coefficient (Wildman–Crippen LogP) is 0.560. The SMILES string of the molecule is CN(CC(C)(C)O)c1ncnc2[nH]ncc12. The van der Waals surface area contributed by atoms with Crippen molar-refractivity contribution in [3.63, 3.8) is 0 Å². The molecule has 0 fully saturated rings. The molecule has 0 spiro atoms. The maximum Gasteiger partial charge on any atom is 0.160 e. The van der Waals surface area contributed by atoms with E-state index in [0.29, 0.717) is 12.2 Å². The van der Waals surface area contributed by atoms with Crippen LogP contribution in [0.4, 0.5) is 5.82 Å². The highest BCUT2D eigenvalue weighted by Crippen LogP contribution is 2.20. The van der Waals surface area contributed by atoms with Gasteiger partial charge >= 0.3 is 0 Å². The number of nitrogens with one attached hydrogen (secondary N) is 1. The van der Waals surface area contributed by atoms with Crippen molar-refractivity contribution < 1.29 is 5.11 Å². The zero-order valence-corrected chi connectivity index (χ0v) is 9.60. The van der Waals surface area contributed by atoms with E-state index in [2.05, 4.69) is 20.2 Å². The van der Waals surface area contributed by atoms with E-state index in [-0.39, 0.29) is 0 Å². The Labute approximate surface area is 93.3 Å². The van der Waals surface area contributed by atoms with Gasteiger partial charge in [0, 0.05) is 13.6 Å². The summed E-state index contributed by atoms with van der Waals surface area (Å²) in [6.07, 6.45) is 3.17. The van der Waals surface area contributed by atoms with Gasteiger partial charge in [-0.05, 0) is 13.8 Å². The maximum atomic E-state index is 9.76. The minimum atomic E-state index is -0.768. The Morgan fingerprint density at radius 2 is 2.19 bits per heavy atom. The lowest BCUT2D eigenvalue weighted by molar-refractivity contribution is 0.0885. The third-order valence-electron chi connectivity index (χ3n) is 2.21. The monoisotopic (exact) mass is 221 g/mol. The lowest BCUT2D eigenvalue weighted by Gasteiger charge is -2.26. The summed E-state index contributed by atoms with van der Waals surface area (Å²) in [5, 5.41) is 17.3. The zero-order chi connectivity index (χ0) is 11.8. The highest BCUT2D eigenvalue weighted by molar-refractivity contribution is 5.85. The van der Waals surface area contributed by atoms with Crippen molar-refractivity contribution in [1.29, 1.82) is 0 Å². The number of fused-ring (bicyclic) bond motifs is 1. The smallest absolute Gasteiger partial charge is 0.160 e. The second kappa shape index (κ2) is 3.71. The van der Waals surface area contributed by atoms with E-state index in [1.165, 1.54) is 6.33 Å². The third-order valence-corrected chi connectivity index (χ3v) is 2.21. The van der Waals surface area contributed by atoms with Crippen molar-refractivity contribution in [2.75, 3.05) is 18.5 Å². The van der Waals surface area contributed by atoms with Crippen LogP contribution < -0.4 is 4.90 Å². The minimum Gasteiger partial charge on any atom is -0.389 e. The molecule has 0 aromatic carbocycles. The number of anilines is 1. The summed E-state index contributed by atoms with van der Waals surface area (Å²) in [4.78, 5) is 10.2. The van der Waals surface area contributed by atoms with Crippen LogP contribution in [0.2, 0.25) is 0 Å². The molecule has 0 amide bonds. The molecule has 0 bridgehead atoms. The van der Waals surface area contributed by atoms with Crippen molar-refractivity contribution in [2.24, 2.45) is 0 Å². The summed E-state index contributed by atoms with van der Waals surface area (Å²) in [7, 11) is 1.88. The number of likely N-dealkylation sites (N-methyl/N-ethyl adjacent to an activating group) is 1. The van der Waals surface area contributed by atoms with Gasteiger partial charge in [-0.25, -0.2) is 9.97 Å². The maximum absolute atomic E-state index is 9.76. The summed E-state index contributed by atoms with van der Waals surface area (Å²) in [6, 6.07) is 0. The number of rotatable bonds is 3. The van der Waals surface area contributed by atoms with Crippen LogP contribution in [0.25, 0.3) is 11.0 Å². The van der Waals surface area contributed by atoms with Gasteiger partial charge in [0.25, 0.3) is 0 Å². The van der Waals surface area contributed by atoms with Crippen LogP contribution in [0.15, 0.2) is 12.5 Å². The second-order valence-corrected chi connectivity index (χ2v) is 4.50. The fourth-order valence-corrected chi connectivity index (χ4v) is 1.71. The van der Waals surface area contributed by atoms with Crippen molar-refractivity contribution in [1.82, 2.24) is 20.2 Å². The van der Waals surface area contributed by atoms with E-state index in [0.717, 1.165) is 11.2 Å². The van der Waals surface area contributed by atoms with Crippen LogP contribution in [-0.4, -0.2) is 44.5 Å². The van der Waals surface area contributed by atoms with E-state index in [4.69, 9.17) is 0 Å². The number of aliphatic hydroxyl groups is 1. The summed E-state index contributed by atoms with van der Waals surface area (Å²) in [6.45, 7) is 4.01. The number of aromatic amines is 1. The zero-order valence-electron chi connectivity index (χ0n) is 9.60. The molecule has 0 atom stereocenters. The molecular weight excluding hydrogens is 206 g/mol. The molecule has 2 aromatic heterocycles. The first-order chi connectivity index (χ1) is 7.47. The second-order valence-electron chi connectivity index (χ2n) is 4.50. The van der Waals surface area contributed by atoms with Crippen LogP contribution in [0.5, 0.6) is 0 Å². The Bertz CT molecular complexity index is 487. The highest BCUT2D eigenvalue weighted by Gasteiger charge is 2.18. The quantitative estimate of drug-likeness (QED) is 0.791. The molecule has 16 heavy (non-hydrogen) atoms. The van der Waals surface area contributed by atoms with Gasteiger partial charge in [0.05, 0.1) is 17.2 Å². The van der Waals surface area contributed by atoms with Crippen molar-refractivity contribution >= 4 is 16.9 Å². The molecule has 6 heteroatoms. The molecule has 0 aliphatic rings. The number of hydrogen-bond acceptors (Lipinski definition) is 5. The molecule has 6 nitrogen and oxygen atoms in total. The number of hydrogen-bond donors (Lipinski definition) is 2. The number of aromatic nitrogens is 4. The van der Waals surface area contributed by atoms with E-state index < -0.39 is 5.60 Å². The first kappa shape index (κ1) is 10.8. The van der Waals surface area contributed by atoms with Crippen LogP contribution in [0, 0.1) is 0 Å². The van der Waals surface area contributed by atoms with Crippen LogP contribution >= 0.6 is 0 Å². The fourth-order valence-electron chi connectivity index (χ4n) is 1.71. The first-order valence-corrected chi connectivity index (χ1v) is 5.05. The van der Waals surface area contributed by atoms with E-state index in [9.17, 15) is 5.11 Å². The van der Waals surface area contributed by atoms with Gasteiger partial charge in [-0.1, -0.05) is 0 Å². The Hall–Kier alpha value is -1.69. The van der Waals surface area contributed by atoms with Gasteiger partial charge in [-0.15, -0.1) is 0 Å². The largest absolute Gasteiger partial charge is 0.389 e. The molecule has 0 aliphatic carbocycles. The van der Waals surface area contributed by atoms with Gasteiger partial charge < -0.3 is 10.0 Å². The van der Waals surface area contributed by atoms with E-state index in [1.54, 1.807) is 20.0 Å². The lowest BCUT2D eigenvalue weighted by Crippen LogP contribution is -2.36. The molecule has 86 valence electrons. The number of nitrogens with zero attached hydrogens (tertiary/aromatic N) is 4. The highest BCUT2D eigenvalue weighted by atomic mass is 16.3. The van der Waals surface area contributed by atoms with Crippen molar-refractivity contribution in [3.05, 3.63) is 12.5 Å². The third kappa shape index (κ3) is 2.11. The van der Waals surface area contributed by atoms with Crippen LogP contribution in [-0.2, 0) is 0 Å². The molecule has 0 aliphatic heterocycles. The summed E-state index contributed by atoms with van der Waals surface area (Å²) < 4.78 is 0. The standard InChI is InChI=1S/C10H15N5O/c1-10(2,16)5-15(3)9-7-4-13-14-8(7)11-6-12-9/h4,6,16H,5H2,1-3H3,(H,11,12,13,14).